The van der Waals surface area contributed by atoms with Crippen molar-refractivity contribution in [1.29, 1.82) is 0 Å². The summed E-state index contributed by atoms with van der Waals surface area (Å²) < 4.78 is 6.21. The molecule has 0 saturated heterocycles. The molecule has 2 heterocycles. The summed E-state index contributed by atoms with van der Waals surface area (Å²) in [6, 6.07) is 8.36. The van der Waals surface area contributed by atoms with Crippen LogP contribution in [0.25, 0.3) is 10.8 Å². The number of carbonyl (C=O) groups excluding carboxylic acids is 2. The third-order valence-electron chi connectivity index (χ3n) is 3.45. The van der Waals surface area contributed by atoms with Crippen LogP contribution in [0.1, 0.15) is 13.3 Å². The summed E-state index contributed by atoms with van der Waals surface area (Å²) in [7, 11) is 0. The molecular weight excluding hydrogens is 392 g/mol. The van der Waals surface area contributed by atoms with Crippen LogP contribution < -0.4 is 16.4 Å². The van der Waals surface area contributed by atoms with Crippen molar-refractivity contribution in [3.63, 3.8) is 0 Å². The normalized spacial score (nSPS) is 10.6. The van der Waals surface area contributed by atoms with Gasteiger partial charge in [-0.2, -0.15) is 4.68 Å². The van der Waals surface area contributed by atoms with Crippen LogP contribution in [0.2, 0.25) is 5.02 Å². The van der Waals surface area contributed by atoms with Gasteiger partial charge in [0.05, 0.1) is 22.1 Å². The summed E-state index contributed by atoms with van der Waals surface area (Å²) in [5, 5.41) is 11.5. The van der Waals surface area contributed by atoms with Crippen molar-refractivity contribution in [2.24, 2.45) is 0 Å². The molecule has 0 saturated carbocycles. The molecule has 3 aromatic rings. The first-order valence-electron chi connectivity index (χ1n) is 7.91. The molecule has 0 aliphatic carbocycles. The zero-order valence-electron chi connectivity index (χ0n) is 14.2. The summed E-state index contributed by atoms with van der Waals surface area (Å²) in [6.07, 6.45) is 0.0292. The third kappa shape index (κ3) is 4.83. The van der Waals surface area contributed by atoms with Gasteiger partial charge in [0, 0.05) is 19.0 Å². The number of anilines is 2. The number of hydrogen-bond donors (Lipinski definition) is 2. The van der Waals surface area contributed by atoms with E-state index in [2.05, 4.69) is 15.7 Å². The molecule has 27 heavy (non-hydrogen) atoms. The van der Waals surface area contributed by atoms with E-state index in [0.717, 1.165) is 9.56 Å². The van der Waals surface area contributed by atoms with E-state index in [4.69, 9.17) is 16.0 Å². The van der Waals surface area contributed by atoms with Gasteiger partial charge in [-0.15, -0.1) is 16.4 Å². The first-order chi connectivity index (χ1) is 12.9. The lowest BCUT2D eigenvalue weighted by atomic mass is 10.2. The van der Waals surface area contributed by atoms with Gasteiger partial charge < -0.3 is 15.1 Å². The molecule has 140 valence electrons. The van der Waals surface area contributed by atoms with Crippen molar-refractivity contribution in [3.8, 4) is 10.8 Å². The predicted molar refractivity (Wildman–Crippen MR) is 103 cm³/mol. The Morgan fingerprint density at radius 3 is 2.78 bits per heavy atom. The van der Waals surface area contributed by atoms with Crippen LogP contribution in [0.3, 0.4) is 0 Å². The van der Waals surface area contributed by atoms with Gasteiger partial charge in [-0.25, -0.2) is 4.79 Å². The van der Waals surface area contributed by atoms with Crippen LogP contribution in [-0.2, 0) is 16.1 Å². The highest BCUT2D eigenvalue weighted by molar-refractivity contribution is 7.13. The van der Waals surface area contributed by atoms with Gasteiger partial charge in [0.15, 0.2) is 0 Å². The minimum atomic E-state index is -0.617. The standard InChI is InChI=1S/C17H15ClN4O4S/c1-10(23)19-13-5-4-11(9-12(13)18)20-15(24)6-7-22-17(25)26-16(21-22)14-3-2-8-27-14/h2-5,8-9H,6-7H2,1H3,(H,19,23)(H,20,24). The Bertz CT molecular complexity index is 1030. The molecule has 0 aliphatic rings. The molecule has 0 unspecified atom stereocenters. The molecule has 0 fully saturated rings. The van der Waals surface area contributed by atoms with E-state index in [1.807, 2.05) is 11.4 Å². The number of hydrogen-bond acceptors (Lipinski definition) is 6. The molecule has 0 radical (unpaired) electrons. The second-order valence-electron chi connectivity index (χ2n) is 5.55. The van der Waals surface area contributed by atoms with Crippen LogP contribution in [0.15, 0.2) is 44.9 Å². The Morgan fingerprint density at radius 1 is 1.30 bits per heavy atom. The molecule has 2 aromatic heterocycles. The lowest BCUT2D eigenvalue weighted by Crippen LogP contribution is -2.21. The number of aromatic nitrogens is 2. The van der Waals surface area contributed by atoms with E-state index >= 15 is 0 Å². The fourth-order valence-electron chi connectivity index (χ4n) is 2.26. The highest BCUT2D eigenvalue weighted by atomic mass is 35.5. The molecule has 0 bridgehead atoms. The van der Waals surface area contributed by atoms with Gasteiger partial charge in [-0.05, 0) is 29.6 Å². The number of carbonyl (C=O) groups is 2. The monoisotopic (exact) mass is 406 g/mol. The first kappa shape index (κ1) is 18.9. The first-order valence-corrected chi connectivity index (χ1v) is 9.17. The van der Waals surface area contributed by atoms with E-state index in [9.17, 15) is 14.4 Å². The zero-order chi connectivity index (χ0) is 19.4. The highest BCUT2D eigenvalue weighted by Crippen LogP contribution is 2.25. The minimum Gasteiger partial charge on any atom is -0.387 e. The second-order valence-corrected chi connectivity index (χ2v) is 6.90. The number of thiophene rings is 1. The number of amides is 2. The molecule has 10 heteroatoms. The Morgan fingerprint density at radius 2 is 2.11 bits per heavy atom. The SMILES string of the molecule is CC(=O)Nc1ccc(NC(=O)CCn2nc(-c3cccs3)oc2=O)cc1Cl. The Balaban J connectivity index is 1.59. The van der Waals surface area contributed by atoms with Crippen molar-refractivity contribution in [1.82, 2.24) is 9.78 Å². The van der Waals surface area contributed by atoms with Crippen LogP contribution in [0.5, 0.6) is 0 Å². The molecule has 8 nitrogen and oxygen atoms in total. The number of benzene rings is 1. The van der Waals surface area contributed by atoms with E-state index in [1.54, 1.807) is 18.2 Å². The Kier molecular flexibility index (Phi) is 5.72. The fraction of sp³-hybridized carbons (Fsp3) is 0.176. The van der Waals surface area contributed by atoms with Crippen LogP contribution in [-0.4, -0.2) is 21.6 Å². The van der Waals surface area contributed by atoms with Crippen LogP contribution >= 0.6 is 22.9 Å². The summed E-state index contributed by atoms with van der Waals surface area (Å²) in [5.41, 5.74) is 0.934. The Labute approximate surface area is 162 Å². The van der Waals surface area contributed by atoms with Gasteiger partial charge in [-0.1, -0.05) is 17.7 Å². The van der Waals surface area contributed by atoms with E-state index < -0.39 is 5.76 Å². The second kappa shape index (κ2) is 8.19. The molecule has 0 aliphatic heterocycles. The minimum absolute atomic E-state index is 0.0292. The largest absolute Gasteiger partial charge is 0.437 e. The number of aryl methyl sites for hydroxylation is 1. The quantitative estimate of drug-likeness (QED) is 0.653. The average molecular weight is 407 g/mol. The third-order valence-corrected chi connectivity index (χ3v) is 4.62. The maximum absolute atomic E-state index is 12.1. The number of nitrogens with zero attached hydrogens (tertiary/aromatic N) is 2. The topological polar surface area (TPSA) is 106 Å². The molecular formula is C17H15ClN4O4S. The van der Waals surface area contributed by atoms with Crippen molar-refractivity contribution >= 4 is 46.1 Å². The molecule has 3 rings (SSSR count). The maximum Gasteiger partial charge on any atom is 0.437 e. The maximum atomic E-state index is 12.1. The van der Waals surface area contributed by atoms with Gasteiger partial charge >= 0.3 is 5.76 Å². The fourth-order valence-corrected chi connectivity index (χ4v) is 3.13. The molecule has 0 spiro atoms. The van der Waals surface area contributed by atoms with E-state index in [0.29, 0.717) is 16.4 Å². The van der Waals surface area contributed by atoms with Gasteiger partial charge in [-0.3, -0.25) is 9.59 Å². The lowest BCUT2D eigenvalue weighted by Gasteiger charge is -2.09. The van der Waals surface area contributed by atoms with Crippen LogP contribution in [0, 0.1) is 0 Å². The molecule has 2 amide bonds. The van der Waals surface area contributed by atoms with Gasteiger partial charge in [0.1, 0.15) is 0 Å². The van der Waals surface area contributed by atoms with Crippen molar-refractivity contribution in [2.45, 2.75) is 19.9 Å². The Hall–Kier alpha value is -2.91. The lowest BCUT2D eigenvalue weighted by molar-refractivity contribution is -0.116. The van der Waals surface area contributed by atoms with Crippen molar-refractivity contribution in [3.05, 3.63) is 51.3 Å². The molecule has 1 aromatic carbocycles. The molecule has 0 atom stereocenters. The predicted octanol–water partition coefficient (Wildman–Crippen LogP) is 3.21. The van der Waals surface area contributed by atoms with E-state index in [1.165, 1.54) is 24.3 Å². The summed E-state index contributed by atoms with van der Waals surface area (Å²) in [6.45, 7) is 1.46. The summed E-state index contributed by atoms with van der Waals surface area (Å²) >= 11 is 7.47. The molecule has 2 N–H and O–H groups in total. The van der Waals surface area contributed by atoms with Gasteiger partial charge in [0.2, 0.25) is 11.8 Å². The average Bonchev–Trinajstić information content (AvgIpc) is 3.25. The summed E-state index contributed by atoms with van der Waals surface area (Å²) in [5.74, 6) is -0.941. The zero-order valence-corrected chi connectivity index (χ0v) is 15.8. The smallest absolute Gasteiger partial charge is 0.387 e. The number of nitrogens with one attached hydrogen (secondary N) is 2. The summed E-state index contributed by atoms with van der Waals surface area (Å²) in [4.78, 5) is 35.8. The van der Waals surface area contributed by atoms with Gasteiger partial charge in [0.25, 0.3) is 5.89 Å². The number of rotatable bonds is 6. The van der Waals surface area contributed by atoms with Crippen LogP contribution in [0.4, 0.5) is 11.4 Å². The highest BCUT2D eigenvalue weighted by Gasteiger charge is 2.13. The van der Waals surface area contributed by atoms with E-state index in [-0.39, 0.29) is 30.7 Å². The van der Waals surface area contributed by atoms with Crippen molar-refractivity contribution in [2.75, 3.05) is 10.6 Å². The number of halogens is 1. The van der Waals surface area contributed by atoms with Crippen molar-refractivity contribution < 1.29 is 14.0 Å².